The highest BCUT2D eigenvalue weighted by molar-refractivity contribution is 6.01. The van der Waals surface area contributed by atoms with Crippen molar-refractivity contribution in [2.45, 2.75) is 40.2 Å². The molecular weight excluding hydrogens is 296 g/mol. The van der Waals surface area contributed by atoms with Crippen molar-refractivity contribution in [1.82, 2.24) is 19.9 Å². The first-order chi connectivity index (χ1) is 10.8. The van der Waals surface area contributed by atoms with Crippen LogP contribution in [0.1, 0.15) is 42.0 Å². The zero-order chi connectivity index (χ0) is 17.1. The van der Waals surface area contributed by atoms with Crippen molar-refractivity contribution in [2.75, 3.05) is 7.11 Å². The molecule has 1 unspecified atom stereocenters. The lowest BCUT2D eigenvalue weighted by molar-refractivity contribution is -0.143. The van der Waals surface area contributed by atoms with Crippen LogP contribution in [0.2, 0.25) is 0 Å². The van der Waals surface area contributed by atoms with E-state index in [0.29, 0.717) is 17.6 Å². The smallest absolute Gasteiger partial charge is 0.328 e. The SMILES string of the molecule is COC(=O)C(CC(C)C)NC(=O)c1cnn2c(C)cc(C)nc12. The first kappa shape index (κ1) is 16.9. The predicted octanol–water partition coefficient (Wildman–Crippen LogP) is 1.66. The Balaban J connectivity index is 2.31. The van der Waals surface area contributed by atoms with Gasteiger partial charge in [-0.15, -0.1) is 0 Å². The molecule has 0 bridgehead atoms. The summed E-state index contributed by atoms with van der Waals surface area (Å²) < 4.78 is 6.38. The third kappa shape index (κ3) is 3.67. The number of esters is 1. The number of carbonyl (C=O) groups is 2. The lowest BCUT2D eigenvalue weighted by Gasteiger charge is -2.17. The van der Waals surface area contributed by atoms with E-state index in [-0.39, 0.29) is 11.8 Å². The first-order valence-corrected chi connectivity index (χ1v) is 7.54. The van der Waals surface area contributed by atoms with Gasteiger partial charge in [-0.1, -0.05) is 13.8 Å². The quantitative estimate of drug-likeness (QED) is 0.848. The average Bonchev–Trinajstić information content (AvgIpc) is 2.89. The van der Waals surface area contributed by atoms with E-state index >= 15 is 0 Å². The summed E-state index contributed by atoms with van der Waals surface area (Å²) in [6.07, 6.45) is 1.97. The van der Waals surface area contributed by atoms with E-state index < -0.39 is 12.0 Å². The van der Waals surface area contributed by atoms with Crippen LogP contribution in [-0.2, 0) is 9.53 Å². The highest BCUT2D eigenvalue weighted by Crippen LogP contribution is 2.13. The lowest BCUT2D eigenvalue weighted by Crippen LogP contribution is -2.42. The van der Waals surface area contributed by atoms with Gasteiger partial charge in [0.05, 0.1) is 13.3 Å². The van der Waals surface area contributed by atoms with Gasteiger partial charge in [0.1, 0.15) is 11.6 Å². The van der Waals surface area contributed by atoms with E-state index in [1.807, 2.05) is 33.8 Å². The van der Waals surface area contributed by atoms with Crippen LogP contribution in [-0.4, -0.2) is 39.6 Å². The summed E-state index contributed by atoms with van der Waals surface area (Å²) in [7, 11) is 1.31. The number of ether oxygens (including phenoxy) is 1. The highest BCUT2D eigenvalue weighted by Gasteiger charge is 2.25. The summed E-state index contributed by atoms with van der Waals surface area (Å²) in [5, 5.41) is 6.92. The molecule has 0 saturated carbocycles. The zero-order valence-corrected chi connectivity index (χ0v) is 14.1. The minimum atomic E-state index is -0.687. The molecule has 1 atom stereocenters. The number of hydrogen-bond donors (Lipinski definition) is 1. The van der Waals surface area contributed by atoms with Gasteiger partial charge in [-0.25, -0.2) is 14.3 Å². The fourth-order valence-electron chi connectivity index (χ4n) is 2.49. The topological polar surface area (TPSA) is 85.6 Å². The molecule has 0 aliphatic carbocycles. The zero-order valence-electron chi connectivity index (χ0n) is 14.1. The second-order valence-corrected chi connectivity index (χ2v) is 6.01. The Labute approximate surface area is 135 Å². The Hall–Kier alpha value is -2.44. The maximum absolute atomic E-state index is 12.5. The molecule has 2 aromatic heterocycles. The van der Waals surface area contributed by atoms with Crippen LogP contribution < -0.4 is 5.32 Å². The van der Waals surface area contributed by atoms with Crippen LogP contribution in [0.4, 0.5) is 0 Å². The molecule has 7 heteroatoms. The van der Waals surface area contributed by atoms with Gasteiger partial charge in [0, 0.05) is 11.4 Å². The average molecular weight is 318 g/mol. The van der Waals surface area contributed by atoms with Crippen LogP contribution in [0.25, 0.3) is 5.65 Å². The second-order valence-electron chi connectivity index (χ2n) is 6.01. The molecule has 23 heavy (non-hydrogen) atoms. The Kier molecular flexibility index (Phi) is 4.98. The molecule has 2 rings (SSSR count). The molecular formula is C16H22N4O3. The molecule has 1 N–H and O–H groups in total. The standard InChI is InChI=1S/C16H22N4O3/c1-9(2)6-13(16(22)23-5)19-15(21)12-8-17-20-11(4)7-10(3)18-14(12)20/h7-9,13H,6H2,1-5H3,(H,19,21). The molecule has 0 fully saturated rings. The summed E-state index contributed by atoms with van der Waals surface area (Å²) in [4.78, 5) is 28.8. The van der Waals surface area contributed by atoms with Crippen LogP contribution in [0.3, 0.4) is 0 Å². The number of aromatic nitrogens is 3. The molecule has 0 saturated heterocycles. The van der Waals surface area contributed by atoms with E-state index in [9.17, 15) is 9.59 Å². The number of fused-ring (bicyclic) bond motifs is 1. The van der Waals surface area contributed by atoms with Gasteiger partial charge in [0.25, 0.3) is 5.91 Å². The van der Waals surface area contributed by atoms with Gasteiger partial charge in [-0.2, -0.15) is 5.10 Å². The molecule has 2 aromatic rings. The monoisotopic (exact) mass is 318 g/mol. The van der Waals surface area contributed by atoms with Crippen molar-refractivity contribution in [3.05, 3.63) is 29.2 Å². The van der Waals surface area contributed by atoms with E-state index in [4.69, 9.17) is 4.74 Å². The molecule has 2 heterocycles. The predicted molar refractivity (Wildman–Crippen MR) is 85.2 cm³/mol. The second kappa shape index (κ2) is 6.76. The molecule has 7 nitrogen and oxygen atoms in total. The fourth-order valence-corrected chi connectivity index (χ4v) is 2.49. The normalized spacial score (nSPS) is 12.4. The van der Waals surface area contributed by atoms with Gasteiger partial charge in [0.15, 0.2) is 5.65 Å². The number of rotatable bonds is 5. The van der Waals surface area contributed by atoms with Crippen LogP contribution in [0, 0.1) is 19.8 Å². The van der Waals surface area contributed by atoms with Crippen molar-refractivity contribution in [2.24, 2.45) is 5.92 Å². The molecule has 124 valence electrons. The number of carbonyl (C=O) groups excluding carboxylic acids is 2. The van der Waals surface area contributed by atoms with E-state index in [2.05, 4.69) is 15.4 Å². The molecule has 1 amide bonds. The van der Waals surface area contributed by atoms with Crippen molar-refractivity contribution in [3.8, 4) is 0 Å². The minimum absolute atomic E-state index is 0.242. The highest BCUT2D eigenvalue weighted by atomic mass is 16.5. The maximum atomic E-state index is 12.5. The van der Waals surface area contributed by atoms with Gasteiger partial charge >= 0.3 is 5.97 Å². The van der Waals surface area contributed by atoms with Crippen molar-refractivity contribution in [3.63, 3.8) is 0 Å². The van der Waals surface area contributed by atoms with Gasteiger partial charge in [-0.3, -0.25) is 4.79 Å². The van der Waals surface area contributed by atoms with Crippen molar-refractivity contribution >= 4 is 17.5 Å². The van der Waals surface area contributed by atoms with Crippen molar-refractivity contribution < 1.29 is 14.3 Å². The third-order valence-corrected chi connectivity index (χ3v) is 3.52. The number of nitrogens with one attached hydrogen (secondary N) is 1. The van der Waals surface area contributed by atoms with Crippen LogP contribution in [0.15, 0.2) is 12.3 Å². The molecule has 0 radical (unpaired) electrons. The number of methoxy groups -OCH3 is 1. The van der Waals surface area contributed by atoms with E-state index in [1.54, 1.807) is 4.52 Å². The number of amides is 1. The Morgan fingerprint density at radius 3 is 2.65 bits per heavy atom. The van der Waals surface area contributed by atoms with E-state index in [1.165, 1.54) is 13.3 Å². The van der Waals surface area contributed by atoms with Crippen LogP contribution >= 0.6 is 0 Å². The summed E-state index contributed by atoms with van der Waals surface area (Å²) >= 11 is 0. The van der Waals surface area contributed by atoms with E-state index in [0.717, 1.165) is 11.4 Å². The fraction of sp³-hybridized carbons (Fsp3) is 0.500. The largest absolute Gasteiger partial charge is 0.467 e. The number of aryl methyl sites for hydroxylation is 2. The number of nitrogens with zero attached hydrogens (tertiary/aromatic N) is 3. The molecule has 0 aliphatic rings. The maximum Gasteiger partial charge on any atom is 0.328 e. The summed E-state index contributed by atoms with van der Waals surface area (Å²) in [6.45, 7) is 7.71. The van der Waals surface area contributed by atoms with Gasteiger partial charge < -0.3 is 10.1 Å². The Morgan fingerprint density at radius 1 is 1.35 bits per heavy atom. The van der Waals surface area contributed by atoms with Crippen LogP contribution in [0.5, 0.6) is 0 Å². The minimum Gasteiger partial charge on any atom is -0.467 e. The first-order valence-electron chi connectivity index (χ1n) is 7.54. The third-order valence-electron chi connectivity index (χ3n) is 3.52. The number of hydrogen-bond acceptors (Lipinski definition) is 5. The molecule has 0 spiro atoms. The Bertz CT molecular complexity index is 736. The van der Waals surface area contributed by atoms with Gasteiger partial charge in [0.2, 0.25) is 0 Å². The molecule has 0 aliphatic heterocycles. The summed E-state index contributed by atoms with van der Waals surface area (Å²) in [5.41, 5.74) is 2.51. The summed E-state index contributed by atoms with van der Waals surface area (Å²) in [6, 6.07) is 1.20. The van der Waals surface area contributed by atoms with Gasteiger partial charge in [-0.05, 0) is 32.3 Å². The lowest BCUT2D eigenvalue weighted by atomic mass is 10.0. The molecule has 0 aromatic carbocycles. The van der Waals surface area contributed by atoms with Crippen molar-refractivity contribution in [1.29, 1.82) is 0 Å². The summed E-state index contributed by atoms with van der Waals surface area (Å²) in [5.74, 6) is -0.594. The Morgan fingerprint density at radius 2 is 2.04 bits per heavy atom.